The standard InChI is InChI=1S/C12H16N2O3/c1-9(10(2)13-17-3)8-11-4-6-12(7-5-11)14(15)16/h4-7,9H,8H2,1-3H3. The van der Waals surface area contributed by atoms with Gasteiger partial charge in [-0.25, -0.2) is 0 Å². The molecule has 0 aromatic heterocycles. The first-order valence-electron chi connectivity index (χ1n) is 5.35. The molecule has 1 rings (SSSR count). The zero-order valence-corrected chi connectivity index (χ0v) is 10.2. The quantitative estimate of drug-likeness (QED) is 0.448. The van der Waals surface area contributed by atoms with Crippen molar-refractivity contribution in [2.24, 2.45) is 11.1 Å². The fraction of sp³-hybridized carbons (Fsp3) is 0.417. The van der Waals surface area contributed by atoms with Gasteiger partial charge in [-0.2, -0.15) is 0 Å². The molecule has 5 nitrogen and oxygen atoms in total. The van der Waals surface area contributed by atoms with Crippen LogP contribution in [0.25, 0.3) is 0 Å². The van der Waals surface area contributed by atoms with Crippen LogP contribution < -0.4 is 0 Å². The first-order chi connectivity index (χ1) is 8.04. The summed E-state index contributed by atoms with van der Waals surface area (Å²) >= 11 is 0. The predicted octanol–water partition coefficient (Wildman–Crippen LogP) is 2.80. The average molecular weight is 236 g/mol. The van der Waals surface area contributed by atoms with E-state index in [0.29, 0.717) is 0 Å². The van der Waals surface area contributed by atoms with Crippen molar-refractivity contribution in [3.05, 3.63) is 39.9 Å². The van der Waals surface area contributed by atoms with Crippen molar-refractivity contribution in [3.63, 3.8) is 0 Å². The number of hydrogen-bond acceptors (Lipinski definition) is 4. The van der Waals surface area contributed by atoms with E-state index in [4.69, 9.17) is 4.84 Å². The Kier molecular flexibility index (Phi) is 4.63. The molecule has 5 heteroatoms. The van der Waals surface area contributed by atoms with E-state index < -0.39 is 4.92 Å². The highest BCUT2D eigenvalue weighted by molar-refractivity contribution is 5.83. The molecule has 1 aromatic carbocycles. The molecule has 92 valence electrons. The zero-order valence-electron chi connectivity index (χ0n) is 10.2. The molecule has 0 aliphatic heterocycles. The Bertz CT molecular complexity index is 412. The number of benzene rings is 1. The van der Waals surface area contributed by atoms with Gasteiger partial charge in [0.15, 0.2) is 0 Å². The van der Waals surface area contributed by atoms with Crippen LogP contribution in [0, 0.1) is 16.0 Å². The van der Waals surface area contributed by atoms with Crippen molar-refractivity contribution in [1.29, 1.82) is 0 Å². The summed E-state index contributed by atoms with van der Waals surface area (Å²) < 4.78 is 0. The highest BCUT2D eigenvalue weighted by Crippen LogP contribution is 2.15. The molecular weight excluding hydrogens is 220 g/mol. The van der Waals surface area contributed by atoms with Crippen molar-refractivity contribution in [3.8, 4) is 0 Å². The predicted molar refractivity (Wildman–Crippen MR) is 66.1 cm³/mol. The lowest BCUT2D eigenvalue weighted by molar-refractivity contribution is -0.384. The van der Waals surface area contributed by atoms with E-state index in [0.717, 1.165) is 17.7 Å². The molecule has 1 aromatic rings. The van der Waals surface area contributed by atoms with E-state index in [-0.39, 0.29) is 11.6 Å². The highest BCUT2D eigenvalue weighted by Gasteiger charge is 2.09. The Hall–Kier alpha value is -1.91. The molecule has 17 heavy (non-hydrogen) atoms. The summed E-state index contributed by atoms with van der Waals surface area (Å²) in [6, 6.07) is 6.58. The minimum Gasteiger partial charge on any atom is -0.399 e. The lowest BCUT2D eigenvalue weighted by Gasteiger charge is -2.10. The van der Waals surface area contributed by atoms with Crippen LogP contribution in [0.4, 0.5) is 5.69 Å². The Morgan fingerprint density at radius 3 is 2.53 bits per heavy atom. The van der Waals surface area contributed by atoms with Crippen molar-refractivity contribution >= 4 is 11.4 Å². The van der Waals surface area contributed by atoms with E-state index >= 15 is 0 Å². The number of nitro benzene ring substituents is 1. The Balaban J connectivity index is 2.69. The molecule has 0 saturated carbocycles. The average Bonchev–Trinajstić information content (AvgIpc) is 2.30. The van der Waals surface area contributed by atoms with Gasteiger partial charge in [-0.3, -0.25) is 10.1 Å². The molecule has 0 aliphatic carbocycles. The highest BCUT2D eigenvalue weighted by atomic mass is 16.6. The first-order valence-corrected chi connectivity index (χ1v) is 5.35. The summed E-state index contributed by atoms with van der Waals surface area (Å²) in [5, 5.41) is 14.4. The monoisotopic (exact) mass is 236 g/mol. The van der Waals surface area contributed by atoms with Gasteiger partial charge in [0.05, 0.1) is 10.6 Å². The SMILES string of the molecule is CON=C(C)C(C)Cc1ccc([N+](=O)[O-])cc1. The number of nitro groups is 1. The lowest BCUT2D eigenvalue weighted by atomic mass is 9.97. The van der Waals surface area contributed by atoms with Gasteiger partial charge >= 0.3 is 0 Å². The van der Waals surface area contributed by atoms with Crippen LogP contribution in [0.1, 0.15) is 19.4 Å². The fourth-order valence-corrected chi connectivity index (χ4v) is 1.49. The number of hydrogen-bond donors (Lipinski definition) is 0. The van der Waals surface area contributed by atoms with Crippen molar-refractivity contribution in [1.82, 2.24) is 0 Å². The summed E-state index contributed by atoms with van der Waals surface area (Å²) in [5.74, 6) is 0.247. The molecule has 1 atom stereocenters. The van der Waals surface area contributed by atoms with E-state index in [1.54, 1.807) is 12.1 Å². The van der Waals surface area contributed by atoms with E-state index in [9.17, 15) is 10.1 Å². The summed E-state index contributed by atoms with van der Waals surface area (Å²) in [5.41, 5.74) is 2.07. The molecule has 0 saturated heterocycles. The molecule has 0 spiro atoms. The molecule has 0 radical (unpaired) electrons. The first kappa shape index (κ1) is 13.2. The molecule has 0 heterocycles. The van der Waals surface area contributed by atoms with E-state index in [1.807, 2.05) is 13.8 Å². The van der Waals surface area contributed by atoms with E-state index in [2.05, 4.69) is 5.16 Å². The molecule has 1 unspecified atom stereocenters. The lowest BCUT2D eigenvalue weighted by Crippen LogP contribution is -2.10. The van der Waals surface area contributed by atoms with Crippen LogP contribution in [-0.4, -0.2) is 17.7 Å². The summed E-state index contributed by atoms with van der Waals surface area (Å²) in [7, 11) is 1.52. The van der Waals surface area contributed by atoms with Gasteiger partial charge < -0.3 is 4.84 Å². The van der Waals surface area contributed by atoms with Gasteiger partial charge in [0.2, 0.25) is 0 Å². The number of nitrogens with zero attached hydrogens (tertiary/aromatic N) is 2. The summed E-state index contributed by atoms with van der Waals surface area (Å²) in [4.78, 5) is 14.8. The van der Waals surface area contributed by atoms with Crippen LogP contribution in [0.3, 0.4) is 0 Å². The van der Waals surface area contributed by atoms with Gasteiger partial charge in [0.25, 0.3) is 5.69 Å². The third-order valence-corrected chi connectivity index (χ3v) is 2.64. The van der Waals surface area contributed by atoms with Gasteiger partial charge in [0.1, 0.15) is 7.11 Å². The molecule has 0 fully saturated rings. The third-order valence-electron chi connectivity index (χ3n) is 2.64. The second kappa shape index (κ2) is 5.98. The topological polar surface area (TPSA) is 64.7 Å². The summed E-state index contributed by atoms with van der Waals surface area (Å²) in [6.07, 6.45) is 0.788. The zero-order chi connectivity index (χ0) is 12.8. The number of rotatable bonds is 5. The maximum absolute atomic E-state index is 10.5. The maximum Gasteiger partial charge on any atom is 0.269 e. The molecule has 0 amide bonds. The molecular formula is C12H16N2O3. The van der Waals surface area contributed by atoms with E-state index in [1.165, 1.54) is 19.2 Å². The van der Waals surface area contributed by atoms with Gasteiger partial charge in [0, 0.05) is 18.1 Å². The Morgan fingerprint density at radius 2 is 2.06 bits per heavy atom. The van der Waals surface area contributed by atoms with Crippen molar-refractivity contribution < 1.29 is 9.76 Å². The minimum atomic E-state index is -0.398. The number of non-ortho nitro benzene ring substituents is 1. The van der Waals surface area contributed by atoms with Crippen LogP contribution in [0.5, 0.6) is 0 Å². The van der Waals surface area contributed by atoms with Crippen molar-refractivity contribution in [2.75, 3.05) is 7.11 Å². The van der Waals surface area contributed by atoms with Crippen LogP contribution in [-0.2, 0) is 11.3 Å². The summed E-state index contributed by atoms with van der Waals surface area (Å²) in [6.45, 7) is 3.94. The fourth-order valence-electron chi connectivity index (χ4n) is 1.49. The van der Waals surface area contributed by atoms with Gasteiger partial charge in [-0.05, 0) is 18.9 Å². The van der Waals surface area contributed by atoms with Gasteiger partial charge in [-0.15, -0.1) is 0 Å². The molecule has 0 aliphatic rings. The van der Waals surface area contributed by atoms with Crippen LogP contribution in [0.15, 0.2) is 29.4 Å². The second-order valence-electron chi connectivity index (χ2n) is 3.94. The third kappa shape index (κ3) is 3.86. The van der Waals surface area contributed by atoms with Crippen LogP contribution >= 0.6 is 0 Å². The van der Waals surface area contributed by atoms with Crippen molar-refractivity contribution in [2.45, 2.75) is 20.3 Å². The smallest absolute Gasteiger partial charge is 0.269 e. The van der Waals surface area contributed by atoms with Gasteiger partial charge in [-0.1, -0.05) is 24.2 Å². The normalized spacial score (nSPS) is 13.2. The molecule has 0 bridgehead atoms. The number of oxime groups is 1. The maximum atomic E-state index is 10.5. The Labute approximate surface area is 100 Å². The Morgan fingerprint density at radius 1 is 1.47 bits per heavy atom. The second-order valence-corrected chi connectivity index (χ2v) is 3.94. The minimum absolute atomic E-state index is 0.115. The molecule has 0 N–H and O–H groups in total. The van der Waals surface area contributed by atoms with Crippen LogP contribution in [0.2, 0.25) is 0 Å². The largest absolute Gasteiger partial charge is 0.399 e.